The van der Waals surface area contributed by atoms with Crippen molar-refractivity contribution in [1.82, 2.24) is 24.7 Å². The average Bonchev–Trinajstić information content (AvgIpc) is 3.46. The SMILES string of the molecule is Cc1cc(C(=O)N2CCCC[C@H]2c2cc3nc(N4CC[C@H](N)C4)c(C)cn3n2)no1. The Bertz CT molecular complexity index is 1090. The highest BCUT2D eigenvalue weighted by molar-refractivity contribution is 5.92. The van der Waals surface area contributed by atoms with E-state index in [4.69, 9.17) is 20.3 Å². The number of fused-ring (bicyclic) bond motifs is 1. The van der Waals surface area contributed by atoms with Crippen LogP contribution in [0.3, 0.4) is 0 Å². The lowest BCUT2D eigenvalue weighted by atomic mass is 9.99. The molecule has 2 aliphatic rings. The summed E-state index contributed by atoms with van der Waals surface area (Å²) in [5.74, 6) is 1.49. The van der Waals surface area contributed by atoms with Crippen molar-refractivity contribution in [2.45, 2.75) is 51.6 Å². The van der Waals surface area contributed by atoms with Gasteiger partial charge in [0.05, 0.1) is 11.7 Å². The lowest BCUT2D eigenvalue weighted by molar-refractivity contribution is 0.0595. The monoisotopic (exact) mass is 409 g/mol. The molecule has 0 unspecified atom stereocenters. The molecule has 158 valence electrons. The second-order valence-electron chi connectivity index (χ2n) is 8.45. The number of carbonyl (C=O) groups excluding carboxylic acids is 1. The Morgan fingerprint density at radius 1 is 1.20 bits per heavy atom. The summed E-state index contributed by atoms with van der Waals surface area (Å²) in [6.45, 7) is 6.28. The summed E-state index contributed by atoms with van der Waals surface area (Å²) in [4.78, 5) is 22.1. The molecule has 9 nitrogen and oxygen atoms in total. The van der Waals surface area contributed by atoms with Crippen LogP contribution in [0.25, 0.3) is 5.65 Å². The molecule has 2 N–H and O–H groups in total. The highest BCUT2D eigenvalue weighted by atomic mass is 16.5. The normalized spacial score (nSPS) is 22.2. The van der Waals surface area contributed by atoms with Crippen molar-refractivity contribution >= 4 is 17.4 Å². The van der Waals surface area contributed by atoms with Gasteiger partial charge in [-0.25, -0.2) is 9.50 Å². The smallest absolute Gasteiger partial charge is 0.276 e. The summed E-state index contributed by atoms with van der Waals surface area (Å²) in [5, 5.41) is 8.70. The van der Waals surface area contributed by atoms with Crippen LogP contribution in [-0.4, -0.2) is 56.2 Å². The van der Waals surface area contributed by atoms with E-state index in [0.29, 0.717) is 18.0 Å². The van der Waals surface area contributed by atoms with Gasteiger partial charge in [0.1, 0.15) is 11.6 Å². The number of hydrogen-bond donors (Lipinski definition) is 1. The van der Waals surface area contributed by atoms with E-state index in [0.717, 1.165) is 61.5 Å². The van der Waals surface area contributed by atoms with E-state index < -0.39 is 0 Å². The molecule has 2 fully saturated rings. The van der Waals surface area contributed by atoms with Crippen molar-refractivity contribution < 1.29 is 9.32 Å². The lowest BCUT2D eigenvalue weighted by Crippen LogP contribution is -2.38. The minimum Gasteiger partial charge on any atom is -0.361 e. The van der Waals surface area contributed by atoms with Gasteiger partial charge in [-0.3, -0.25) is 4.79 Å². The minimum atomic E-state index is -0.107. The van der Waals surface area contributed by atoms with Gasteiger partial charge in [-0.1, -0.05) is 5.16 Å². The number of likely N-dealkylation sites (tertiary alicyclic amines) is 1. The highest BCUT2D eigenvalue weighted by Gasteiger charge is 2.32. The first-order valence-corrected chi connectivity index (χ1v) is 10.6. The molecule has 5 rings (SSSR count). The molecule has 3 aromatic heterocycles. The van der Waals surface area contributed by atoms with Crippen molar-refractivity contribution in [1.29, 1.82) is 0 Å². The number of hydrogen-bond acceptors (Lipinski definition) is 7. The molecule has 0 saturated carbocycles. The zero-order valence-electron chi connectivity index (χ0n) is 17.4. The predicted molar refractivity (Wildman–Crippen MR) is 111 cm³/mol. The van der Waals surface area contributed by atoms with Gasteiger partial charge in [0, 0.05) is 49.6 Å². The Labute approximate surface area is 174 Å². The summed E-state index contributed by atoms with van der Waals surface area (Å²) in [6, 6.07) is 3.80. The third-order valence-electron chi connectivity index (χ3n) is 6.10. The molecule has 0 radical (unpaired) electrons. The van der Waals surface area contributed by atoms with Gasteiger partial charge in [-0.05, 0) is 39.5 Å². The largest absolute Gasteiger partial charge is 0.361 e. The molecular weight excluding hydrogens is 382 g/mol. The Morgan fingerprint density at radius 2 is 2.07 bits per heavy atom. The Kier molecular flexibility index (Phi) is 4.69. The second-order valence-corrected chi connectivity index (χ2v) is 8.45. The van der Waals surface area contributed by atoms with Gasteiger partial charge in [-0.15, -0.1) is 0 Å². The van der Waals surface area contributed by atoms with Gasteiger partial charge in [-0.2, -0.15) is 5.10 Å². The summed E-state index contributed by atoms with van der Waals surface area (Å²) in [6.07, 6.45) is 5.91. The topological polar surface area (TPSA) is 106 Å². The van der Waals surface area contributed by atoms with Gasteiger partial charge < -0.3 is 20.1 Å². The molecule has 5 heterocycles. The summed E-state index contributed by atoms with van der Waals surface area (Å²) in [7, 11) is 0. The third kappa shape index (κ3) is 3.32. The van der Waals surface area contributed by atoms with Crippen LogP contribution in [0.4, 0.5) is 5.82 Å². The Morgan fingerprint density at radius 3 is 2.80 bits per heavy atom. The molecule has 0 spiro atoms. The van der Waals surface area contributed by atoms with Crippen molar-refractivity contribution in [3.05, 3.63) is 41.0 Å². The van der Waals surface area contributed by atoms with Crippen LogP contribution in [0.5, 0.6) is 0 Å². The van der Waals surface area contributed by atoms with E-state index in [1.54, 1.807) is 13.0 Å². The van der Waals surface area contributed by atoms with Crippen LogP contribution in [0.15, 0.2) is 22.9 Å². The van der Waals surface area contributed by atoms with E-state index in [-0.39, 0.29) is 18.0 Å². The van der Waals surface area contributed by atoms with E-state index in [2.05, 4.69) is 17.0 Å². The molecule has 0 aromatic carbocycles. The molecule has 2 aliphatic heterocycles. The Hall–Kier alpha value is -2.94. The molecule has 30 heavy (non-hydrogen) atoms. The lowest BCUT2D eigenvalue weighted by Gasteiger charge is -2.34. The molecule has 2 atom stereocenters. The quantitative estimate of drug-likeness (QED) is 0.707. The van der Waals surface area contributed by atoms with Crippen molar-refractivity contribution in [2.75, 3.05) is 24.5 Å². The molecule has 3 aromatic rings. The zero-order chi connectivity index (χ0) is 20.8. The standard InChI is InChI=1S/C21H27N7O2/c1-13-11-28-19(23-20(13)26-8-6-15(22)12-26)10-16(24-28)18-5-3-4-7-27(18)21(29)17-9-14(2)30-25-17/h9-11,15,18H,3-8,12,22H2,1-2H3/t15-,18-/m0/s1. The van der Waals surface area contributed by atoms with Gasteiger partial charge in [0.2, 0.25) is 0 Å². The second kappa shape index (κ2) is 7.39. The average molecular weight is 409 g/mol. The highest BCUT2D eigenvalue weighted by Crippen LogP contribution is 2.32. The number of rotatable bonds is 3. The van der Waals surface area contributed by atoms with Crippen LogP contribution < -0.4 is 10.6 Å². The number of aromatic nitrogens is 4. The summed E-state index contributed by atoms with van der Waals surface area (Å²) < 4.78 is 6.93. The van der Waals surface area contributed by atoms with Crippen molar-refractivity contribution in [2.24, 2.45) is 5.73 Å². The number of piperidine rings is 1. The van der Waals surface area contributed by atoms with Crippen LogP contribution in [0.1, 0.15) is 59.2 Å². The number of anilines is 1. The fourth-order valence-electron chi connectivity index (χ4n) is 4.58. The summed E-state index contributed by atoms with van der Waals surface area (Å²) >= 11 is 0. The number of amides is 1. The fourth-order valence-corrected chi connectivity index (χ4v) is 4.58. The minimum absolute atomic E-state index is 0.0890. The maximum absolute atomic E-state index is 13.1. The number of carbonyl (C=O) groups is 1. The van der Waals surface area contributed by atoms with Crippen LogP contribution in [-0.2, 0) is 0 Å². The number of nitrogens with zero attached hydrogens (tertiary/aromatic N) is 6. The van der Waals surface area contributed by atoms with Crippen LogP contribution in [0, 0.1) is 13.8 Å². The first-order valence-electron chi connectivity index (χ1n) is 10.6. The van der Waals surface area contributed by atoms with Crippen molar-refractivity contribution in [3.8, 4) is 0 Å². The predicted octanol–water partition coefficient (Wildman–Crippen LogP) is 2.24. The fraction of sp³-hybridized carbons (Fsp3) is 0.524. The van der Waals surface area contributed by atoms with Gasteiger partial charge in [0.25, 0.3) is 5.91 Å². The third-order valence-corrected chi connectivity index (χ3v) is 6.10. The van der Waals surface area contributed by atoms with Crippen LogP contribution in [0.2, 0.25) is 0 Å². The number of nitrogens with two attached hydrogens (primary N) is 1. The molecule has 2 saturated heterocycles. The number of aryl methyl sites for hydroxylation is 2. The van der Waals surface area contributed by atoms with E-state index in [1.165, 1.54) is 0 Å². The van der Waals surface area contributed by atoms with E-state index >= 15 is 0 Å². The van der Waals surface area contributed by atoms with Crippen LogP contribution >= 0.6 is 0 Å². The maximum atomic E-state index is 13.1. The van der Waals surface area contributed by atoms with Crippen molar-refractivity contribution in [3.63, 3.8) is 0 Å². The molecule has 9 heteroatoms. The summed E-state index contributed by atoms with van der Waals surface area (Å²) in [5.41, 5.74) is 9.16. The maximum Gasteiger partial charge on any atom is 0.276 e. The van der Waals surface area contributed by atoms with Gasteiger partial charge in [0.15, 0.2) is 11.3 Å². The molecule has 1 amide bonds. The Balaban J connectivity index is 1.47. The molecular formula is C21H27N7O2. The zero-order valence-corrected chi connectivity index (χ0v) is 17.4. The molecule has 0 bridgehead atoms. The first-order chi connectivity index (χ1) is 14.5. The molecule has 0 aliphatic carbocycles. The van der Waals surface area contributed by atoms with E-state index in [9.17, 15) is 4.79 Å². The first kappa shape index (κ1) is 19.0. The van der Waals surface area contributed by atoms with Gasteiger partial charge >= 0.3 is 0 Å². The van der Waals surface area contributed by atoms with E-state index in [1.807, 2.05) is 21.7 Å².